The quantitative estimate of drug-likeness (QED) is 0.493. The Morgan fingerprint density at radius 3 is 2.48 bits per heavy atom. The number of rotatable bonds is 3. The molecular weight excluding hydrogens is 296 g/mol. The highest BCUT2D eigenvalue weighted by molar-refractivity contribution is 6.18. The van der Waals surface area contributed by atoms with Crippen molar-refractivity contribution in [3.05, 3.63) is 59.4 Å². The molecule has 2 heterocycles. The summed E-state index contributed by atoms with van der Waals surface area (Å²) < 4.78 is 12.0. The van der Waals surface area contributed by atoms with E-state index in [4.69, 9.17) is 9.47 Å². The molecule has 1 saturated heterocycles. The molecule has 3 rings (SSSR count). The van der Waals surface area contributed by atoms with Crippen LogP contribution in [-0.4, -0.2) is 27.5 Å². The van der Waals surface area contributed by atoms with Crippen molar-refractivity contribution in [2.24, 2.45) is 0 Å². The average Bonchev–Trinajstić information content (AvgIpc) is 2.96. The van der Waals surface area contributed by atoms with Crippen LogP contribution in [0.25, 0.3) is 6.08 Å². The number of carbonyl (C=O) groups excluding carboxylic acids is 2. The van der Waals surface area contributed by atoms with Gasteiger partial charge in [-0.3, -0.25) is 4.68 Å². The fourth-order valence-electron chi connectivity index (χ4n) is 2.32. The summed E-state index contributed by atoms with van der Waals surface area (Å²) in [5.74, 6) is -2.60. The monoisotopic (exact) mass is 312 g/mol. The Morgan fingerprint density at radius 2 is 1.83 bits per heavy atom. The number of cyclic esters (lactones) is 2. The lowest BCUT2D eigenvalue weighted by Crippen LogP contribution is -2.41. The van der Waals surface area contributed by atoms with Crippen molar-refractivity contribution in [1.82, 2.24) is 9.78 Å². The van der Waals surface area contributed by atoms with Crippen LogP contribution in [0.5, 0.6) is 0 Å². The standard InChI is InChI=1S/C17H16N2O4/c1-17(2)22-15(20)14(16(21)23-17)10-12-6-3-4-7-13(12)11-19-9-5-8-18-19/h3-10H,11H2,1-2H3. The van der Waals surface area contributed by atoms with E-state index in [1.54, 1.807) is 10.9 Å². The SMILES string of the molecule is CC1(C)OC(=O)C(=Cc2ccccc2Cn2cccn2)C(=O)O1. The second-order valence-corrected chi connectivity index (χ2v) is 5.64. The number of ether oxygens (including phenoxy) is 2. The molecule has 6 heteroatoms. The Kier molecular flexibility index (Phi) is 3.73. The van der Waals surface area contributed by atoms with Gasteiger partial charge in [0.05, 0.1) is 6.54 Å². The molecule has 0 amide bonds. The first-order valence-electron chi connectivity index (χ1n) is 7.18. The largest absolute Gasteiger partial charge is 0.419 e. The second-order valence-electron chi connectivity index (χ2n) is 5.64. The van der Waals surface area contributed by atoms with E-state index in [2.05, 4.69) is 5.10 Å². The molecular formula is C17H16N2O4. The molecule has 1 aromatic carbocycles. The van der Waals surface area contributed by atoms with E-state index in [-0.39, 0.29) is 5.57 Å². The van der Waals surface area contributed by atoms with Crippen LogP contribution in [0.4, 0.5) is 0 Å². The molecule has 0 radical (unpaired) electrons. The topological polar surface area (TPSA) is 70.4 Å². The first kappa shape index (κ1) is 15.0. The average molecular weight is 312 g/mol. The summed E-state index contributed by atoms with van der Waals surface area (Å²) in [5.41, 5.74) is 1.55. The van der Waals surface area contributed by atoms with Crippen molar-refractivity contribution in [2.45, 2.75) is 26.2 Å². The maximum absolute atomic E-state index is 12.0. The summed E-state index contributed by atoms with van der Waals surface area (Å²) in [4.78, 5) is 24.1. The van der Waals surface area contributed by atoms with Gasteiger partial charge in [-0.15, -0.1) is 0 Å². The molecule has 1 aliphatic heterocycles. The van der Waals surface area contributed by atoms with Crippen molar-refractivity contribution in [3.63, 3.8) is 0 Å². The smallest absolute Gasteiger partial charge is 0.348 e. The molecule has 0 bridgehead atoms. The first-order chi connectivity index (χ1) is 10.9. The summed E-state index contributed by atoms with van der Waals surface area (Å²) in [6, 6.07) is 9.30. The molecule has 6 nitrogen and oxygen atoms in total. The number of esters is 2. The Balaban J connectivity index is 1.93. The number of hydrogen-bond acceptors (Lipinski definition) is 5. The lowest BCUT2D eigenvalue weighted by molar-refractivity contribution is -0.222. The summed E-state index contributed by atoms with van der Waals surface area (Å²) in [6.07, 6.45) is 5.04. The van der Waals surface area contributed by atoms with Gasteiger partial charge in [-0.1, -0.05) is 24.3 Å². The molecule has 0 N–H and O–H groups in total. The molecule has 118 valence electrons. The predicted octanol–water partition coefficient (Wildman–Crippen LogP) is 2.15. The van der Waals surface area contributed by atoms with Gasteiger partial charge in [-0.05, 0) is 23.3 Å². The van der Waals surface area contributed by atoms with Crippen LogP contribution in [0.1, 0.15) is 25.0 Å². The van der Waals surface area contributed by atoms with Gasteiger partial charge >= 0.3 is 11.9 Å². The van der Waals surface area contributed by atoms with E-state index < -0.39 is 17.7 Å². The minimum atomic E-state index is -1.24. The third kappa shape index (κ3) is 3.31. The van der Waals surface area contributed by atoms with Crippen LogP contribution >= 0.6 is 0 Å². The Bertz CT molecular complexity index is 754. The fourth-order valence-corrected chi connectivity index (χ4v) is 2.32. The summed E-state index contributed by atoms with van der Waals surface area (Å²) in [5, 5.41) is 4.16. The zero-order chi connectivity index (χ0) is 16.4. The van der Waals surface area contributed by atoms with Crippen LogP contribution in [0.15, 0.2) is 48.3 Å². The summed E-state index contributed by atoms with van der Waals surface area (Å²) in [7, 11) is 0. The van der Waals surface area contributed by atoms with Gasteiger partial charge in [-0.25, -0.2) is 9.59 Å². The molecule has 0 aliphatic carbocycles. The molecule has 1 aliphatic rings. The Hall–Kier alpha value is -2.89. The molecule has 0 saturated carbocycles. The third-order valence-electron chi connectivity index (χ3n) is 3.36. The highest BCUT2D eigenvalue weighted by atomic mass is 16.7. The summed E-state index contributed by atoms with van der Waals surface area (Å²) >= 11 is 0. The van der Waals surface area contributed by atoms with Crippen LogP contribution in [-0.2, 0) is 25.6 Å². The van der Waals surface area contributed by atoms with Crippen LogP contribution < -0.4 is 0 Å². The van der Waals surface area contributed by atoms with E-state index in [0.717, 1.165) is 11.1 Å². The summed E-state index contributed by atoms with van der Waals surface area (Å²) in [6.45, 7) is 3.57. The van der Waals surface area contributed by atoms with Crippen LogP contribution in [0.3, 0.4) is 0 Å². The number of benzene rings is 1. The van der Waals surface area contributed by atoms with Crippen molar-refractivity contribution in [1.29, 1.82) is 0 Å². The van der Waals surface area contributed by atoms with Crippen molar-refractivity contribution in [3.8, 4) is 0 Å². The van der Waals surface area contributed by atoms with Crippen molar-refractivity contribution < 1.29 is 19.1 Å². The van der Waals surface area contributed by atoms with Gasteiger partial charge in [0.15, 0.2) is 0 Å². The van der Waals surface area contributed by atoms with Crippen LogP contribution in [0, 0.1) is 0 Å². The number of hydrogen-bond donors (Lipinski definition) is 0. The van der Waals surface area contributed by atoms with Gasteiger partial charge in [-0.2, -0.15) is 5.10 Å². The maximum Gasteiger partial charge on any atom is 0.348 e. The van der Waals surface area contributed by atoms with Crippen molar-refractivity contribution >= 4 is 18.0 Å². The molecule has 0 unspecified atom stereocenters. The number of carbonyl (C=O) groups is 2. The minimum absolute atomic E-state index is 0.114. The second kappa shape index (κ2) is 5.72. The zero-order valence-electron chi connectivity index (χ0n) is 12.9. The lowest BCUT2D eigenvalue weighted by atomic mass is 10.0. The van der Waals surface area contributed by atoms with E-state index >= 15 is 0 Å². The fraction of sp³-hybridized carbons (Fsp3) is 0.235. The predicted molar refractivity (Wildman–Crippen MR) is 82.0 cm³/mol. The highest BCUT2D eigenvalue weighted by Gasteiger charge is 2.38. The van der Waals surface area contributed by atoms with Gasteiger partial charge in [0.25, 0.3) is 5.79 Å². The Morgan fingerprint density at radius 1 is 1.13 bits per heavy atom. The third-order valence-corrected chi connectivity index (χ3v) is 3.36. The maximum atomic E-state index is 12.0. The molecule has 2 aromatic rings. The van der Waals surface area contributed by atoms with Crippen molar-refractivity contribution in [2.75, 3.05) is 0 Å². The van der Waals surface area contributed by atoms with E-state index in [1.807, 2.05) is 36.5 Å². The number of nitrogens with zero attached hydrogens (tertiary/aromatic N) is 2. The molecule has 0 spiro atoms. The Labute approximate surface area is 133 Å². The highest BCUT2D eigenvalue weighted by Crippen LogP contribution is 2.25. The van der Waals surface area contributed by atoms with E-state index in [9.17, 15) is 9.59 Å². The van der Waals surface area contributed by atoms with Gasteiger partial charge in [0, 0.05) is 26.2 Å². The van der Waals surface area contributed by atoms with Crippen LogP contribution in [0.2, 0.25) is 0 Å². The van der Waals surface area contributed by atoms with Gasteiger partial charge in [0.1, 0.15) is 5.57 Å². The van der Waals surface area contributed by atoms with E-state index in [0.29, 0.717) is 6.54 Å². The molecule has 0 atom stereocenters. The normalized spacial score (nSPS) is 16.7. The van der Waals surface area contributed by atoms with E-state index in [1.165, 1.54) is 19.9 Å². The molecule has 1 aromatic heterocycles. The zero-order valence-corrected chi connectivity index (χ0v) is 12.9. The number of aromatic nitrogens is 2. The van der Waals surface area contributed by atoms with Gasteiger partial charge in [0.2, 0.25) is 0 Å². The lowest BCUT2D eigenvalue weighted by Gasteiger charge is -2.29. The molecule has 1 fully saturated rings. The minimum Gasteiger partial charge on any atom is -0.419 e. The van der Waals surface area contributed by atoms with Gasteiger partial charge < -0.3 is 9.47 Å². The first-order valence-corrected chi connectivity index (χ1v) is 7.18. The molecule has 23 heavy (non-hydrogen) atoms.